The fourth-order valence-corrected chi connectivity index (χ4v) is 2.68. The van der Waals surface area contributed by atoms with Gasteiger partial charge in [-0.15, -0.1) is 0 Å². The maximum Gasteiger partial charge on any atom is 0.234 e. The molecule has 20 heavy (non-hydrogen) atoms. The van der Waals surface area contributed by atoms with Crippen LogP contribution in [0, 0.1) is 5.82 Å². The van der Waals surface area contributed by atoms with Crippen molar-refractivity contribution in [3.63, 3.8) is 0 Å². The van der Waals surface area contributed by atoms with Crippen LogP contribution in [0.1, 0.15) is 18.6 Å². The summed E-state index contributed by atoms with van der Waals surface area (Å²) < 4.78 is 19.2. The Bertz CT molecular complexity index is 527. The first-order valence-electron chi connectivity index (χ1n) is 6.19. The lowest BCUT2D eigenvalue weighted by Crippen LogP contribution is -2.49. The summed E-state index contributed by atoms with van der Waals surface area (Å²) in [5.41, 5.74) is 5.82. The summed E-state index contributed by atoms with van der Waals surface area (Å²) in [4.78, 5) is 13.1. The Morgan fingerprint density at radius 3 is 2.85 bits per heavy atom. The number of rotatable bonds is 3. The van der Waals surface area contributed by atoms with Crippen LogP contribution in [0.3, 0.4) is 0 Å². The van der Waals surface area contributed by atoms with Gasteiger partial charge in [-0.05, 0) is 19.1 Å². The van der Waals surface area contributed by atoms with Gasteiger partial charge in [-0.1, -0.05) is 23.2 Å². The maximum absolute atomic E-state index is 13.6. The smallest absolute Gasteiger partial charge is 0.234 e. The van der Waals surface area contributed by atoms with Gasteiger partial charge in [0.15, 0.2) is 0 Å². The highest BCUT2D eigenvalue weighted by Gasteiger charge is 2.29. The van der Waals surface area contributed by atoms with Crippen LogP contribution in [0.4, 0.5) is 4.39 Å². The van der Waals surface area contributed by atoms with Crippen LogP contribution in [0.15, 0.2) is 12.1 Å². The summed E-state index contributed by atoms with van der Waals surface area (Å²) in [6.07, 6.45) is -0.412. The Morgan fingerprint density at radius 2 is 2.20 bits per heavy atom. The molecule has 1 amide bonds. The molecule has 0 saturated carbocycles. The Labute approximate surface area is 126 Å². The molecule has 0 spiro atoms. The summed E-state index contributed by atoms with van der Waals surface area (Å²) in [5.74, 6) is -0.950. The third kappa shape index (κ3) is 3.23. The molecule has 1 fully saturated rings. The van der Waals surface area contributed by atoms with Gasteiger partial charge >= 0.3 is 0 Å². The lowest BCUT2D eigenvalue weighted by molar-refractivity contribution is -0.126. The molecule has 1 aromatic carbocycles. The van der Waals surface area contributed by atoms with E-state index < -0.39 is 23.9 Å². The number of morpholine rings is 1. The van der Waals surface area contributed by atoms with E-state index in [9.17, 15) is 9.18 Å². The molecule has 0 aromatic heterocycles. The average molecular weight is 321 g/mol. The summed E-state index contributed by atoms with van der Waals surface area (Å²) >= 11 is 11.8. The van der Waals surface area contributed by atoms with E-state index in [0.29, 0.717) is 30.3 Å². The predicted octanol–water partition coefficient (Wildman–Crippen LogP) is 2.38. The van der Waals surface area contributed by atoms with Gasteiger partial charge in [0.1, 0.15) is 5.82 Å². The fraction of sp³-hybridized carbons (Fsp3) is 0.462. The van der Waals surface area contributed by atoms with Crippen LogP contribution in [-0.4, -0.2) is 36.5 Å². The molecule has 7 heteroatoms. The number of amides is 1. The average Bonchev–Trinajstić information content (AvgIpc) is 2.42. The number of ether oxygens (including phenoxy) is 1. The van der Waals surface area contributed by atoms with Gasteiger partial charge in [-0.3, -0.25) is 9.69 Å². The number of primary amides is 1. The standard InChI is InChI=1S/C13H15Cl2FN2O2/c1-7(13(17)19)18-2-3-20-12(6-18)8-4-11(16)10(15)5-9(8)14/h4-5,7,12H,2-3,6H2,1H3,(H2,17,19)/t7-,12-/m0/s1. The molecule has 0 unspecified atom stereocenters. The van der Waals surface area contributed by atoms with E-state index in [-0.39, 0.29) is 5.02 Å². The Hall–Kier alpha value is -0.880. The molecule has 0 radical (unpaired) electrons. The lowest BCUT2D eigenvalue weighted by atomic mass is 10.1. The monoisotopic (exact) mass is 320 g/mol. The predicted molar refractivity (Wildman–Crippen MR) is 75.3 cm³/mol. The second-order valence-corrected chi connectivity index (χ2v) is 5.53. The molecular weight excluding hydrogens is 306 g/mol. The number of halogens is 3. The molecule has 1 heterocycles. The van der Waals surface area contributed by atoms with E-state index in [1.165, 1.54) is 12.1 Å². The molecule has 1 aliphatic rings. The van der Waals surface area contributed by atoms with Crippen molar-refractivity contribution in [2.45, 2.75) is 19.1 Å². The summed E-state index contributed by atoms with van der Waals surface area (Å²) in [5, 5.41) is 0.312. The zero-order valence-electron chi connectivity index (χ0n) is 10.9. The molecule has 1 aromatic rings. The highest BCUT2D eigenvalue weighted by molar-refractivity contribution is 6.35. The molecule has 2 atom stereocenters. The van der Waals surface area contributed by atoms with Gasteiger partial charge in [0.2, 0.25) is 5.91 Å². The fourth-order valence-electron chi connectivity index (χ4n) is 2.17. The Balaban J connectivity index is 2.21. The van der Waals surface area contributed by atoms with Crippen molar-refractivity contribution in [3.8, 4) is 0 Å². The molecular formula is C13H15Cl2FN2O2. The van der Waals surface area contributed by atoms with Crippen molar-refractivity contribution in [1.29, 1.82) is 0 Å². The summed E-state index contributed by atoms with van der Waals surface area (Å²) in [6, 6.07) is 2.22. The number of carbonyl (C=O) groups excluding carboxylic acids is 1. The van der Waals surface area contributed by atoms with Gasteiger partial charge < -0.3 is 10.5 Å². The minimum Gasteiger partial charge on any atom is -0.371 e. The molecule has 1 aliphatic heterocycles. The molecule has 1 saturated heterocycles. The highest BCUT2D eigenvalue weighted by Crippen LogP contribution is 2.32. The first-order valence-corrected chi connectivity index (χ1v) is 6.95. The lowest BCUT2D eigenvalue weighted by Gasteiger charge is -2.36. The number of hydrogen-bond donors (Lipinski definition) is 1. The largest absolute Gasteiger partial charge is 0.371 e. The van der Waals surface area contributed by atoms with Crippen molar-refractivity contribution < 1.29 is 13.9 Å². The van der Waals surface area contributed by atoms with E-state index in [0.717, 1.165) is 0 Å². The molecule has 4 nitrogen and oxygen atoms in total. The summed E-state index contributed by atoms with van der Waals surface area (Å²) in [6.45, 7) is 3.16. The molecule has 110 valence electrons. The van der Waals surface area contributed by atoms with E-state index in [4.69, 9.17) is 33.7 Å². The van der Waals surface area contributed by atoms with Gasteiger partial charge in [0.25, 0.3) is 0 Å². The second-order valence-electron chi connectivity index (χ2n) is 4.72. The SMILES string of the molecule is C[C@@H](C(N)=O)N1CCO[C@H](c2cc(F)c(Cl)cc2Cl)C1. The molecule has 2 rings (SSSR count). The van der Waals surface area contributed by atoms with Crippen LogP contribution in [0.5, 0.6) is 0 Å². The first kappa shape index (κ1) is 15.5. The molecule has 0 bridgehead atoms. The van der Waals surface area contributed by atoms with Crippen molar-refractivity contribution in [2.75, 3.05) is 19.7 Å². The van der Waals surface area contributed by atoms with E-state index in [1.807, 2.05) is 4.90 Å². The van der Waals surface area contributed by atoms with Crippen LogP contribution >= 0.6 is 23.2 Å². The minimum absolute atomic E-state index is 0.0306. The summed E-state index contributed by atoms with van der Waals surface area (Å²) in [7, 11) is 0. The van der Waals surface area contributed by atoms with Crippen molar-refractivity contribution in [3.05, 3.63) is 33.6 Å². The zero-order chi connectivity index (χ0) is 14.9. The van der Waals surface area contributed by atoms with Crippen LogP contribution in [0.25, 0.3) is 0 Å². The Morgan fingerprint density at radius 1 is 1.50 bits per heavy atom. The van der Waals surface area contributed by atoms with E-state index >= 15 is 0 Å². The minimum atomic E-state index is -0.547. The van der Waals surface area contributed by atoms with E-state index in [2.05, 4.69) is 0 Å². The highest BCUT2D eigenvalue weighted by atomic mass is 35.5. The maximum atomic E-state index is 13.6. The van der Waals surface area contributed by atoms with Crippen LogP contribution < -0.4 is 5.73 Å². The van der Waals surface area contributed by atoms with Crippen molar-refractivity contribution in [2.24, 2.45) is 5.73 Å². The Kier molecular flexibility index (Phi) is 4.86. The third-order valence-electron chi connectivity index (χ3n) is 3.44. The van der Waals surface area contributed by atoms with Crippen LogP contribution in [0.2, 0.25) is 10.0 Å². The van der Waals surface area contributed by atoms with Crippen molar-refractivity contribution >= 4 is 29.1 Å². The number of nitrogens with zero attached hydrogens (tertiary/aromatic N) is 1. The normalized spacial score (nSPS) is 21.7. The third-order valence-corrected chi connectivity index (χ3v) is 4.06. The first-order chi connectivity index (χ1) is 9.40. The zero-order valence-corrected chi connectivity index (χ0v) is 12.4. The van der Waals surface area contributed by atoms with Gasteiger partial charge in [-0.2, -0.15) is 0 Å². The quantitative estimate of drug-likeness (QED) is 0.870. The van der Waals surface area contributed by atoms with Crippen molar-refractivity contribution in [1.82, 2.24) is 4.90 Å². The topological polar surface area (TPSA) is 55.6 Å². The number of nitrogens with two attached hydrogens (primary N) is 1. The van der Waals surface area contributed by atoms with Crippen LogP contribution in [-0.2, 0) is 9.53 Å². The number of benzene rings is 1. The van der Waals surface area contributed by atoms with Gasteiger partial charge in [-0.25, -0.2) is 4.39 Å². The molecule has 2 N–H and O–H groups in total. The second kappa shape index (κ2) is 6.26. The number of hydrogen-bond acceptors (Lipinski definition) is 3. The van der Waals surface area contributed by atoms with E-state index in [1.54, 1.807) is 6.92 Å². The molecule has 0 aliphatic carbocycles. The van der Waals surface area contributed by atoms with Gasteiger partial charge in [0, 0.05) is 23.7 Å². The number of carbonyl (C=O) groups is 1. The van der Waals surface area contributed by atoms with Gasteiger partial charge in [0.05, 0.1) is 23.8 Å².